The lowest BCUT2D eigenvalue weighted by Gasteiger charge is -2.30. The van der Waals surface area contributed by atoms with E-state index in [1.807, 2.05) is 20.8 Å². The van der Waals surface area contributed by atoms with Gasteiger partial charge >= 0.3 is 6.09 Å². The number of hydrogen-bond acceptors (Lipinski definition) is 3. The van der Waals surface area contributed by atoms with E-state index < -0.39 is 5.60 Å². The lowest BCUT2D eigenvalue weighted by molar-refractivity contribution is 0.0265. The largest absolute Gasteiger partial charge is 0.444 e. The average Bonchev–Trinajstić information content (AvgIpc) is 2.58. The zero-order valence-corrected chi connectivity index (χ0v) is 16.3. The van der Waals surface area contributed by atoms with Gasteiger partial charge in [0.15, 0.2) is 0 Å². The Labute approximate surface area is 152 Å². The molecule has 0 spiro atoms. The molecule has 138 valence electrons. The van der Waals surface area contributed by atoms with Gasteiger partial charge in [-0.2, -0.15) is 0 Å². The van der Waals surface area contributed by atoms with Crippen LogP contribution < -0.4 is 5.32 Å². The van der Waals surface area contributed by atoms with E-state index in [0.717, 1.165) is 25.9 Å². The van der Waals surface area contributed by atoms with Crippen molar-refractivity contribution in [1.82, 2.24) is 10.2 Å². The van der Waals surface area contributed by atoms with Gasteiger partial charge in [0.2, 0.25) is 0 Å². The highest BCUT2D eigenvalue weighted by Crippen LogP contribution is 2.17. The van der Waals surface area contributed by atoms with Crippen LogP contribution in [0.15, 0.2) is 35.9 Å². The Balaban J connectivity index is 1.81. The number of nitrogens with one attached hydrogen (secondary N) is 1. The topological polar surface area (TPSA) is 41.6 Å². The quantitative estimate of drug-likeness (QED) is 0.802. The predicted octanol–water partition coefficient (Wildman–Crippen LogP) is 4.47. The second-order valence-electron chi connectivity index (χ2n) is 7.74. The van der Waals surface area contributed by atoms with Crippen molar-refractivity contribution in [2.24, 2.45) is 0 Å². The van der Waals surface area contributed by atoms with E-state index in [1.165, 1.54) is 16.7 Å². The molecule has 1 aliphatic heterocycles. The monoisotopic (exact) mass is 344 g/mol. The molecule has 4 heteroatoms. The molecule has 1 aromatic carbocycles. The Morgan fingerprint density at radius 2 is 1.96 bits per heavy atom. The summed E-state index contributed by atoms with van der Waals surface area (Å²) in [5.74, 6) is 0. The number of rotatable bonds is 5. The number of carbonyl (C=O) groups excluding carboxylic acids is 1. The van der Waals surface area contributed by atoms with Crippen LogP contribution >= 0.6 is 0 Å². The zero-order chi connectivity index (χ0) is 18.4. The summed E-state index contributed by atoms with van der Waals surface area (Å²) in [5.41, 5.74) is 3.60. The van der Waals surface area contributed by atoms with Crippen molar-refractivity contribution in [3.63, 3.8) is 0 Å². The summed E-state index contributed by atoms with van der Waals surface area (Å²) < 4.78 is 5.43. The molecule has 1 heterocycles. The van der Waals surface area contributed by atoms with Crippen LogP contribution in [0, 0.1) is 0 Å². The molecule has 0 bridgehead atoms. The summed E-state index contributed by atoms with van der Waals surface area (Å²) in [7, 11) is 0. The van der Waals surface area contributed by atoms with Gasteiger partial charge in [-0.15, -0.1) is 0 Å². The summed E-state index contributed by atoms with van der Waals surface area (Å²) in [6, 6.07) is 9.13. The van der Waals surface area contributed by atoms with E-state index in [2.05, 4.69) is 49.5 Å². The number of ether oxygens (including phenoxy) is 1. The molecule has 0 saturated heterocycles. The van der Waals surface area contributed by atoms with E-state index in [9.17, 15) is 4.79 Å². The van der Waals surface area contributed by atoms with Crippen molar-refractivity contribution < 1.29 is 9.53 Å². The molecule has 1 N–H and O–H groups in total. The lowest BCUT2D eigenvalue weighted by atomic mass is 10.0. The highest BCUT2D eigenvalue weighted by molar-refractivity contribution is 5.68. The van der Waals surface area contributed by atoms with Crippen LogP contribution in [0.2, 0.25) is 0 Å². The molecule has 0 aromatic heterocycles. The summed E-state index contributed by atoms with van der Waals surface area (Å²) in [6.07, 6.45) is 3.89. The first kappa shape index (κ1) is 19.5. The molecule has 0 radical (unpaired) electrons. The molecule has 1 unspecified atom stereocenters. The summed E-state index contributed by atoms with van der Waals surface area (Å²) in [5, 5.41) is 3.59. The first-order chi connectivity index (χ1) is 11.8. The summed E-state index contributed by atoms with van der Waals surface area (Å²) >= 11 is 0. The summed E-state index contributed by atoms with van der Waals surface area (Å²) in [6.45, 7) is 12.3. The summed E-state index contributed by atoms with van der Waals surface area (Å²) in [4.78, 5) is 13.8. The molecular formula is C21H32N2O2. The third kappa shape index (κ3) is 6.20. The van der Waals surface area contributed by atoms with Crippen LogP contribution in [0.4, 0.5) is 4.79 Å². The molecule has 1 aromatic rings. The zero-order valence-electron chi connectivity index (χ0n) is 16.3. The van der Waals surface area contributed by atoms with Gasteiger partial charge < -0.3 is 15.0 Å². The number of nitrogens with zero attached hydrogens (tertiary/aromatic N) is 1. The molecule has 1 amide bonds. The minimum atomic E-state index is -0.439. The Bertz CT molecular complexity index is 599. The lowest BCUT2D eigenvalue weighted by Crippen LogP contribution is -2.40. The fraction of sp³-hybridized carbons (Fsp3) is 0.571. The van der Waals surface area contributed by atoms with Crippen LogP contribution in [0.3, 0.4) is 0 Å². The van der Waals surface area contributed by atoms with Crippen molar-refractivity contribution in [1.29, 1.82) is 0 Å². The Morgan fingerprint density at radius 3 is 2.48 bits per heavy atom. The van der Waals surface area contributed by atoms with Gasteiger partial charge in [-0.1, -0.05) is 42.8 Å². The molecule has 4 nitrogen and oxygen atoms in total. The van der Waals surface area contributed by atoms with Crippen molar-refractivity contribution >= 4 is 6.09 Å². The van der Waals surface area contributed by atoms with E-state index in [1.54, 1.807) is 4.90 Å². The average molecular weight is 344 g/mol. The molecule has 1 aliphatic rings. The second-order valence-corrected chi connectivity index (χ2v) is 7.74. The minimum Gasteiger partial charge on any atom is -0.444 e. The number of carbonyl (C=O) groups is 1. The van der Waals surface area contributed by atoms with Crippen molar-refractivity contribution in [3.8, 4) is 0 Å². The van der Waals surface area contributed by atoms with Crippen LogP contribution in [-0.2, 0) is 11.2 Å². The van der Waals surface area contributed by atoms with Gasteiger partial charge in [-0.25, -0.2) is 4.79 Å². The molecule has 1 atom stereocenters. The molecule has 0 fully saturated rings. The molecule has 25 heavy (non-hydrogen) atoms. The fourth-order valence-corrected chi connectivity index (χ4v) is 2.81. The molecule has 0 aliphatic carbocycles. The maximum absolute atomic E-state index is 12.1. The SMILES string of the molecule is CCc1ccc(C(C)NCC2=CCN(C(=O)OC(C)(C)C)CC2)cc1. The Kier molecular flexibility index (Phi) is 6.65. The van der Waals surface area contributed by atoms with Gasteiger partial charge in [-0.3, -0.25) is 0 Å². The Hall–Kier alpha value is -1.81. The molecule has 2 rings (SSSR count). The minimum absolute atomic E-state index is 0.222. The van der Waals surface area contributed by atoms with Crippen molar-refractivity contribution in [2.75, 3.05) is 19.6 Å². The van der Waals surface area contributed by atoms with E-state index in [0.29, 0.717) is 12.6 Å². The van der Waals surface area contributed by atoms with E-state index in [-0.39, 0.29) is 6.09 Å². The van der Waals surface area contributed by atoms with E-state index in [4.69, 9.17) is 4.74 Å². The van der Waals surface area contributed by atoms with Crippen LogP contribution in [0.5, 0.6) is 0 Å². The van der Waals surface area contributed by atoms with Crippen molar-refractivity contribution in [3.05, 3.63) is 47.0 Å². The third-order valence-electron chi connectivity index (χ3n) is 4.48. The highest BCUT2D eigenvalue weighted by Gasteiger charge is 2.23. The highest BCUT2D eigenvalue weighted by atomic mass is 16.6. The maximum atomic E-state index is 12.1. The van der Waals surface area contributed by atoms with E-state index >= 15 is 0 Å². The third-order valence-corrected chi connectivity index (χ3v) is 4.48. The smallest absolute Gasteiger partial charge is 0.410 e. The standard InChI is InChI=1S/C21H32N2O2/c1-6-17-7-9-19(10-8-17)16(2)22-15-18-11-13-23(14-12-18)20(24)25-21(3,4)5/h7-11,16,22H,6,12-15H2,1-5H3. The number of benzene rings is 1. The van der Waals surface area contributed by atoms with Gasteiger partial charge in [0.05, 0.1) is 0 Å². The Morgan fingerprint density at radius 1 is 1.28 bits per heavy atom. The van der Waals surface area contributed by atoms with Gasteiger partial charge in [0.25, 0.3) is 0 Å². The second kappa shape index (κ2) is 8.52. The van der Waals surface area contributed by atoms with Crippen LogP contribution in [0.1, 0.15) is 58.2 Å². The van der Waals surface area contributed by atoms with Gasteiger partial charge in [-0.05, 0) is 51.7 Å². The number of aryl methyl sites for hydroxylation is 1. The first-order valence-corrected chi connectivity index (χ1v) is 9.26. The maximum Gasteiger partial charge on any atom is 0.410 e. The fourth-order valence-electron chi connectivity index (χ4n) is 2.81. The van der Waals surface area contributed by atoms with Crippen LogP contribution in [0.25, 0.3) is 0 Å². The molecule has 0 saturated carbocycles. The van der Waals surface area contributed by atoms with Crippen LogP contribution in [-0.4, -0.2) is 36.2 Å². The molecular weight excluding hydrogens is 312 g/mol. The predicted molar refractivity (Wildman–Crippen MR) is 103 cm³/mol. The normalized spacial score (nSPS) is 16.4. The number of amides is 1. The first-order valence-electron chi connectivity index (χ1n) is 9.26. The van der Waals surface area contributed by atoms with Gasteiger partial charge in [0, 0.05) is 25.7 Å². The van der Waals surface area contributed by atoms with Crippen molar-refractivity contribution in [2.45, 2.75) is 59.1 Å². The van der Waals surface area contributed by atoms with Gasteiger partial charge in [0.1, 0.15) is 5.60 Å². The number of hydrogen-bond donors (Lipinski definition) is 1.